The van der Waals surface area contributed by atoms with Crippen LogP contribution < -0.4 is 11.1 Å². The Bertz CT molecular complexity index is 384. The van der Waals surface area contributed by atoms with Gasteiger partial charge in [0.2, 0.25) is 11.8 Å². The van der Waals surface area contributed by atoms with Gasteiger partial charge in [0.05, 0.1) is 5.92 Å². The van der Waals surface area contributed by atoms with Crippen LogP contribution in [-0.2, 0) is 9.59 Å². The standard InChI is InChI=1S/C16H29N3O2.ClH/c1-3-4-11(2)19-10-12(9-15(19)20)16(21)18-14-7-5-13(17)6-8-14;/h11-14H,3-10,17H2,1-2H3,(H,18,21);1H. The predicted octanol–water partition coefficient (Wildman–Crippen LogP) is 1.83. The molecule has 5 nitrogen and oxygen atoms in total. The van der Waals surface area contributed by atoms with Gasteiger partial charge >= 0.3 is 0 Å². The molecule has 0 aromatic rings. The number of carbonyl (C=O) groups is 2. The Morgan fingerprint density at radius 3 is 2.59 bits per heavy atom. The van der Waals surface area contributed by atoms with Gasteiger partial charge in [-0.05, 0) is 39.0 Å². The smallest absolute Gasteiger partial charge is 0.225 e. The molecule has 1 saturated carbocycles. The van der Waals surface area contributed by atoms with Crippen molar-refractivity contribution in [2.75, 3.05) is 6.54 Å². The van der Waals surface area contributed by atoms with Crippen molar-refractivity contribution < 1.29 is 9.59 Å². The summed E-state index contributed by atoms with van der Waals surface area (Å²) in [5, 5.41) is 3.12. The average Bonchev–Trinajstić information content (AvgIpc) is 2.84. The molecule has 2 amide bonds. The third-order valence-corrected chi connectivity index (χ3v) is 4.89. The van der Waals surface area contributed by atoms with Crippen LogP contribution in [0.4, 0.5) is 0 Å². The molecule has 0 aromatic heterocycles. The minimum Gasteiger partial charge on any atom is -0.353 e. The Balaban J connectivity index is 0.00000242. The van der Waals surface area contributed by atoms with Crippen LogP contribution in [0.1, 0.15) is 58.8 Å². The lowest BCUT2D eigenvalue weighted by molar-refractivity contribution is -0.130. The van der Waals surface area contributed by atoms with Gasteiger partial charge in [0, 0.05) is 31.1 Å². The molecule has 2 atom stereocenters. The molecule has 0 aromatic carbocycles. The zero-order chi connectivity index (χ0) is 15.4. The van der Waals surface area contributed by atoms with Gasteiger partial charge in [-0.2, -0.15) is 0 Å². The summed E-state index contributed by atoms with van der Waals surface area (Å²) < 4.78 is 0. The van der Waals surface area contributed by atoms with E-state index in [1.807, 2.05) is 4.90 Å². The van der Waals surface area contributed by atoms with Crippen molar-refractivity contribution >= 4 is 24.2 Å². The van der Waals surface area contributed by atoms with E-state index < -0.39 is 0 Å². The van der Waals surface area contributed by atoms with Gasteiger partial charge in [-0.25, -0.2) is 0 Å². The van der Waals surface area contributed by atoms with E-state index >= 15 is 0 Å². The summed E-state index contributed by atoms with van der Waals surface area (Å²) in [5.41, 5.74) is 5.88. The molecule has 128 valence electrons. The largest absolute Gasteiger partial charge is 0.353 e. The Hall–Kier alpha value is -0.810. The second-order valence-corrected chi connectivity index (χ2v) is 6.71. The number of rotatable bonds is 5. The molecule has 2 rings (SSSR count). The first kappa shape index (κ1) is 19.2. The summed E-state index contributed by atoms with van der Waals surface area (Å²) in [4.78, 5) is 26.3. The Morgan fingerprint density at radius 2 is 2.00 bits per heavy atom. The third-order valence-electron chi connectivity index (χ3n) is 4.89. The number of hydrogen-bond acceptors (Lipinski definition) is 3. The molecule has 1 heterocycles. The highest BCUT2D eigenvalue weighted by atomic mass is 35.5. The number of hydrogen-bond donors (Lipinski definition) is 2. The molecule has 22 heavy (non-hydrogen) atoms. The maximum Gasteiger partial charge on any atom is 0.225 e. The van der Waals surface area contributed by atoms with Gasteiger partial charge in [-0.1, -0.05) is 13.3 Å². The van der Waals surface area contributed by atoms with Gasteiger partial charge in [0.1, 0.15) is 0 Å². The van der Waals surface area contributed by atoms with E-state index in [1.165, 1.54) is 0 Å². The Labute approximate surface area is 139 Å². The lowest BCUT2D eigenvalue weighted by atomic mass is 9.91. The fourth-order valence-electron chi connectivity index (χ4n) is 3.49. The topological polar surface area (TPSA) is 75.4 Å². The first-order chi connectivity index (χ1) is 10.0. The highest BCUT2D eigenvalue weighted by Crippen LogP contribution is 2.23. The molecule has 1 saturated heterocycles. The molecular weight excluding hydrogens is 302 g/mol. The van der Waals surface area contributed by atoms with Crippen molar-refractivity contribution in [2.24, 2.45) is 11.7 Å². The predicted molar refractivity (Wildman–Crippen MR) is 89.8 cm³/mol. The molecule has 2 fully saturated rings. The molecule has 2 aliphatic rings. The lowest BCUT2D eigenvalue weighted by Gasteiger charge is -2.28. The molecular formula is C16H30ClN3O2. The van der Waals surface area contributed by atoms with Crippen molar-refractivity contribution in [3.05, 3.63) is 0 Å². The van der Waals surface area contributed by atoms with Crippen molar-refractivity contribution in [3.8, 4) is 0 Å². The number of halogens is 1. The number of nitrogens with zero attached hydrogens (tertiary/aromatic N) is 1. The zero-order valence-corrected chi connectivity index (χ0v) is 14.5. The highest BCUT2D eigenvalue weighted by molar-refractivity contribution is 5.89. The monoisotopic (exact) mass is 331 g/mol. The minimum absolute atomic E-state index is 0. The normalized spacial score (nSPS) is 29.9. The highest BCUT2D eigenvalue weighted by Gasteiger charge is 2.37. The summed E-state index contributed by atoms with van der Waals surface area (Å²) in [5.74, 6) is 0.00388. The molecule has 1 aliphatic carbocycles. The molecule has 2 unspecified atom stereocenters. The van der Waals surface area contributed by atoms with Crippen LogP contribution in [0.15, 0.2) is 0 Å². The van der Waals surface area contributed by atoms with Gasteiger partial charge in [0.15, 0.2) is 0 Å². The maximum absolute atomic E-state index is 12.3. The fraction of sp³-hybridized carbons (Fsp3) is 0.875. The number of nitrogens with two attached hydrogens (primary N) is 1. The Morgan fingerprint density at radius 1 is 1.36 bits per heavy atom. The van der Waals surface area contributed by atoms with Crippen molar-refractivity contribution in [1.82, 2.24) is 10.2 Å². The first-order valence-corrected chi connectivity index (χ1v) is 8.36. The van der Waals surface area contributed by atoms with E-state index in [0.29, 0.717) is 13.0 Å². The van der Waals surface area contributed by atoms with Crippen molar-refractivity contribution in [3.63, 3.8) is 0 Å². The fourth-order valence-corrected chi connectivity index (χ4v) is 3.49. The number of nitrogens with one attached hydrogen (secondary N) is 1. The summed E-state index contributed by atoms with van der Waals surface area (Å²) in [6.07, 6.45) is 6.31. The molecule has 0 spiro atoms. The van der Waals surface area contributed by atoms with Crippen molar-refractivity contribution in [1.29, 1.82) is 0 Å². The zero-order valence-electron chi connectivity index (χ0n) is 13.7. The summed E-state index contributed by atoms with van der Waals surface area (Å²) in [6, 6.07) is 0.777. The molecule has 0 bridgehead atoms. The van der Waals surface area contributed by atoms with Crippen LogP contribution in [0.5, 0.6) is 0 Å². The minimum atomic E-state index is -0.174. The Kier molecular flexibility index (Phi) is 7.63. The summed E-state index contributed by atoms with van der Waals surface area (Å²) >= 11 is 0. The number of likely N-dealkylation sites (tertiary alicyclic amines) is 1. The van der Waals surface area contributed by atoms with Crippen LogP contribution in [0, 0.1) is 5.92 Å². The van der Waals surface area contributed by atoms with Gasteiger partial charge in [-0.15, -0.1) is 12.4 Å². The van der Waals surface area contributed by atoms with E-state index in [0.717, 1.165) is 38.5 Å². The summed E-state index contributed by atoms with van der Waals surface area (Å²) in [6.45, 7) is 4.78. The average molecular weight is 332 g/mol. The lowest BCUT2D eigenvalue weighted by Crippen LogP contribution is -2.43. The van der Waals surface area contributed by atoms with Crippen LogP contribution in [0.25, 0.3) is 0 Å². The molecule has 3 N–H and O–H groups in total. The quantitative estimate of drug-likeness (QED) is 0.807. The SMILES string of the molecule is CCCC(C)N1CC(C(=O)NC2CCC(N)CC2)CC1=O.Cl. The first-order valence-electron chi connectivity index (χ1n) is 8.36. The van der Waals surface area contributed by atoms with E-state index in [1.54, 1.807) is 0 Å². The van der Waals surface area contributed by atoms with Crippen molar-refractivity contribution in [2.45, 2.75) is 76.9 Å². The van der Waals surface area contributed by atoms with Crippen LogP contribution in [0.3, 0.4) is 0 Å². The third kappa shape index (κ3) is 4.85. The molecule has 6 heteroatoms. The second kappa shape index (κ2) is 8.73. The van der Waals surface area contributed by atoms with Gasteiger partial charge in [0.25, 0.3) is 0 Å². The molecule has 0 radical (unpaired) electrons. The number of amides is 2. The summed E-state index contributed by atoms with van der Waals surface area (Å²) in [7, 11) is 0. The van der Waals surface area contributed by atoms with E-state index in [4.69, 9.17) is 5.73 Å². The molecule has 1 aliphatic heterocycles. The maximum atomic E-state index is 12.3. The van der Waals surface area contributed by atoms with E-state index in [9.17, 15) is 9.59 Å². The van der Waals surface area contributed by atoms with Crippen LogP contribution >= 0.6 is 12.4 Å². The van der Waals surface area contributed by atoms with Gasteiger partial charge < -0.3 is 16.0 Å². The van der Waals surface area contributed by atoms with E-state index in [2.05, 4.69) is 19.2 Å². The van der Waals surface area contributed by atoms with E-state index in [-0.39, 0.29) is 48.3 Å². The number of carbonyl (C=O) groups excluding carboxylic acids is 2. The van der Waals surface area contributed by atoms with Crippen LogP contribution in [0.2, 0.25) is 0 Å². The second-order valence-electron chi connectivity index (χ2n) is 6.71. The van der Waals surface area contributed by atoms with Crippen LogP contribution in [-0.4, -0.2) is 41.4 Å². The van der Waals surface area contributed by atoms with Gasteiger partial charge in [-0.3, -0.25) is 9.59 Å².